The molecule has 0 saturated carbocycles. The van der Waals surface area contributed by atoms with Gasteiger partial charge in [0.1, 0.15) is 6.54 Å². The maximum Gasteiger partial charge on any atom is 0.244 e. The summed E-state index contributed by atoms with van der Waals surface area (Å²) in [5, 5.41) is 2.22. The van der Waals surface area contributed by atoms with Gasteiger partial charge in [-0.1, -0.05) is 32.0 Å². The molecule has 1 heterocycles. The SMILES string of the molecule is CC[C@H]1S[C@H](CC)C(=O)N(CC(=O)Nc2ccccc2)C1=O. The average Bonchev–Trinajstić information content (AvgIpc) is 2.53. The van der Waals surface area contributed by atoms with Crippen molar-refractivity contribution >= 4 is 35.2 Å². The van der Waals surface area contributed by atoms with Crippen LogP contribution in [0.2, 0.25) is 0 Å². The van der Waals surface area contributed by atoms with E-state index in [2.05, 4.69) is 5.32 Å². The third-order valence-corrected chi connectivity index (χ3v) is 5.24. The summed E-state index contributed by atoms with van der Waals surface area (Å²) in [5.74, 6) is -0.875. The summed E-state index contributed by atoms with van der Waals surface area (Å²) in [7, 11) is 0. The Kier molecular flexibility index (Phi) is 5.60. The van der Waals surface area contributed by atoms with E-state index in [0.29, 0.717) is 18.5 Å². The van der Waals surface area contributed by atoms with Crippen molar-refractivity contribution in [2.24, 2.45) is 0 Å². The van der Waals surface area contributed by atoms with Crippen LogP contribution in [0.3, 0.4) is 0 Å². The van der Waals surface area contributed by atoms with E-state index < -0.39 is 0 Å². The molecule has 0 aliphatic carbocycles. The number of thioether (sulfide) groups is 1. The number of carbonyl (C=O) groups excluding carboxylic acids is 3. The third kappa shape index (κ3) is 3.68. The number of benzene rings is 1. The number of para-hydroxylation sites is 1. The molecule has 5 nitrogen and oxygen atoms in total. The summed E-state index contributed by atoms with van der Waals surface area (Å²) in [6.07, 6.45) is 1.31. The van der Waals surface area contributed by atoms with Gasteiger partial charge < -0.3 is 5.32 Å². The Balaban J connectivity index is 2.06. The Morgan fingerprint density at radius 3 is 2.14 bits per heavy atom. The second-order valence-corrected chi connectivity index (χ2v) is 6.52. The van der Waals surface area contributed by atoms with Crippen LogP contribution in [0.5, 0.6) is 0 Å². The quantitative estimate of drug-likeness (QED) is 0.845. The Labute approximate surface area is 134 Å². The zero-order valence-corrected chi connectivity index (χ0v) is 13.6. The largest absolute Gasteiger partial charge is 0.325 e. The minimum atomic E-state index is -0.357. The van der Waals surface area contributed by atoms with E-state index in [1.54, 1.807) is 12.1 Å². The molecule has 1 aliphatic rings. The molecule has 1 saturated heterocycles. The van der Waals surface area contributed by atoms with Gasteiger partial charge >= 0.3 is 0 Å². The first-order chi connectivity index (χ1) is 10.6. The molecule has 2 atom stereocenters. The summed E-state index contributed by atoms with van der Waals surface area (Å²) in [6.45, 7) is 3.61. The van der Waals surface area contributed by atoms with Crippen molar-refractivity contribution in [2.75, 3.05) is 11.9 Å². The number of nitrogens with one attached hydrogen (secondary N) is 1. The van der Waals surface area contributed by atoms with E-state index >= 15 is 0 Å². The van der Waals surface area contributed by atoms with Crippen molar-refractivity contribution in [1.82, 2.24) is 4.90 Å². The lowest BCUT2D eigenvalue weighted by Gasteiger charge is -2.34. The van der Waals surface area contributed by atoms with E-state index in [-0.39, 0.29) is 34.8 Å². The lowest BCUT2D eigenvalue weighted by molar-refractivity contribution is -0.147. The van der Waals surface area contributed by atoms with Crippen molar-refractivity contribution in [3.63, 3.8) is 0 Å². The van der Waals surface area contributed by atoms with Crippen molar-refractivity contribution in [2.45, 2.75) is 37.2 Å². The first kappa shape index (κ1) is 16.5. The Morgan fingerprint density at radius 2 is 1.64 bits per heavy atom. The maximum atomic E-state index is 12.3. The van der Waals surface area contributed by atoms with Gasteiger partial charge in [-0.2, -0.15) is 0 Å². The van der Waals surface area contributed by atoms with Crippen LogP contribution in [0.1, 0.15) is 26.7 Å². The van der Waals surface area contributed by atoms with Crippen LogP contribution < -0.4 is 5.32 Å². The second-order valence-electron chi connectivity index (χ2n) is 5.11. The maximum absolute atomic E-state index is 12.3. The number of amides is 3. The molecule has 1 N–H and O–H groups in total. The van der Waals surface area contributed by atoms with Crippen LogP contribution >= 0.6 is 11.8 Å². The zero-order chi connectivity index (χ0) is 16.1. The summed E-state index contributed by atoms with van der Waals surface area (Å²) in [5.41, 5.74) is 0.651. The molecule has 118 valence electrons. The fraction of sp³-hybridized carbons (Fsp3) is 0.438. The number of anilines is 1. The lowest BCUT2D eigenvalue weighted by Crippen LogP contribution is -2.53. The van der Waals surface area contributed by atoms with Gasteiger partial charge in [0.05, 0.1) is 10.5 Å². The van der Waals surface area contributed by atoms with Gasteiger partial charge in [-0.25, -0.2) is 0 Å². The highest BCUT2D eigenvalue weighted by Gasteiger charge is 2.40. The predicted molar refractivity (Wildman–Crippen MR) is 87.5 cm³/mol. The van der Waals surface area contributed by atoms with Crippen LogP contribution in [0, 0.1) is 0 Å². The van der Waals surface area contributed by atoms with Gasteiger partial charge in [0, 0.05) is 5.69 Å². The minimum absolute atomic E-state index is 0.222. The second kappa shape index (κ2) is 7.45. The number of hydrogen-bond acceptors (Lipinski definition) is 4. The number of rotatable bonds is 5. The summed E-state index contributed by atoms with van der Waals surface area (Å²) in [6, 6.07) is 8.99. The highest BCUT2D eigenvalue weighted by Crippen LogP contribution is 2.31. The highest BCUT2D eigenvalue weighted by molar-refractivity contribution is 8.02. The molecular weight excluding hydrogens is 300 g/mol. The first-order valence-electron chi connectivity index (χ1n) is 7.42. The minimum Gasteiger partial charge on any atom is -0.325 e. The van der Waals surface area contributed by atoms with E-state index in [1.165, 1.54) is 11.8 Å². The molecule has 0 aromatic heterocycles. The van der Waals surface area contributed by atoms with E-state index in [4.69, 9.17) is 0 Å². The first-order valence-corrected chi connectivity index (χ1v) is 8.36. The van der Waals surface area contributed by atoms with Crippen LogP contribution in [-0.4, -0.2) is 39.7 Å². The van der Waals surface area contributed by atoms with Crippen LogP contribution in [-0.2, 0) is 14.4 Å². The van der Waals surface area contributed by atoms with Gasteiger partial charge in [0.25, 0.3) is 0 Å². The molecule has 2 rings (SSSR count). The summed E-state index contributed by atoms with van der Waals surface area (Å²) < 4.78 is 0. The topological polar surface area (TPSA) is 66.5 Å². The molecule has 3 amide bonds. The van der Waals surface area contributed by atoms with Gasteiger partial charge in [0.15, 0.2) is 0 Å². The molecule has 0 bridgehead atoms. The number of carbonyl (C=O) groups is 3. The molecule has 22 heavy (non-hydrogen) atoms. The molecule has 1 fully saturated rings. The van der Waals surface area contributed by atoms with Crippen molar-refractivity contribution in [1.29, 1.82) is 0 Å². The standard InChI is InChI=1S/C16H20N2O3S/c1-3-12-15(20)18(16(21)13(4-2)22-12)10-14(19)17-11-8-6-5-7-9-11/h5-9,12-13H,3-4,10H2,1-2H3,(H,17,19)/t12-,13-/m1/s1. The van der Waals surface area contributed by atoms with Crippen LogP contribution in [0.15, 0.2) is 30.3 Å². The normalized spacial score (nSPS) is 21.8. The molecule has 0 unspecified atom stereocenters. The van der Waals surface area contributed by atoms with Crippen LogP contribution in [0.25, 0.3) is 0 Å². The molecule has 6 heteroatoms. The van der Waals surface area contributed by atoms with Crippen molar-refractivity contribution in [3.05, 3.63) is 30.3 Å². The molecule has 1 aliphatic heterocycles. The van der Waals surface area contributed by atoms with E-state index in [0.717, 1.165) is 4.90 Å². The number of nitrogens with zero attached hydrogens (tertiary/aromatic N) is 1. The smallest absolute Gasteiger partial charge is 0.244 e. The fourth-order valence-corrected chi connectivity index (χ4v) is 3.60. The van der Waals surface area contributed by atoms with Crippen molar-refractivity contribution < 1.29 is 14.4 Å². The van der Waals surface area contributed by atoms with Crippen molar-refractivity contribution in [3.8, 4) is 0 Å². The molecular formula is C16H20N2O3S. The van der Waals surface area contributed by atoms with E-state index in [1.807, 2.05) is 32.0 Å². The number of imide groups is 1. The zero-order valence-electron chi connectivity index (χ0n) is 12.7. The Morgan fingerprint density at radius 1 is 1.09 bits per heavy atom. The highest BCUT2D eigenvalue weighted by atomic mass is 32.2. The van der Waals surface area contributed by atoms with Gasteiger partial charge in [-0.15, -0.1) is 11.8 Å². The van der Waals surface area contributed by atoms with Crippen LogP contribution in [0.4, 0.5) is 5.69 Å². The predicted octanol–water partition coefficient (Wildman–Crippen LogP) is 2.28. The van der Waals surface area contributed by atoms with Gasteiger partial charge in [-0.3, -0.25) is 19.3 Å². The number of hydrogen-bond donors (Lipinski definition) is 1. The molecule has 1 aromatic rings. The fourth-order valence-electron chi connectivity index (χ4n) is 2.33. The van der Waals surface area contributed by atoms with E-state index in [9.17, 15) is 14.4 Å². The monoisotopic (exact) mass is 320 g/mol. The summed E-state index contributed by atoms with van der Waals surface area (Å²) >= 11 is 1.41. The molecule has 1 aromatic carbocycles. The lowest BCUT2D eigenvalue weighted by atomic mass is 10.2. The molecule has 0 radical (unpaired) electrons. The Bertz CT molecular complexity index is 540. The average molecular weight is 320 g/mol. The molecule has 0 spiro atoms. The van der Waals surface area contributed by atoms with Gasteiger partial charge in [0.2, 0.25) is 17.7 Å². The third-order valence-electron chi connectivity index (χ3n) is 3.51. The summed E-state index contributed by atoms with van der Waals surface area (Å²) in [4.78, 5) is 37.8. The van der Waals surface area contributed by atoms with Gasteiger partial charge in [-0.05, 0) is 25.0 Å². The Hall–Kier alpha value is -1.82.